The largest absolute Gasteiger partial charge is 0.501 e. The summed E-state index contributed by atoms with van der Waals surface area (Å²) in [6.07, 6.45) is 6.59. The standard InChI is InChI=1S/C38H76N8O8Si2/c1-11-25-49-55(50-26-12-2,51-27-13-3)31-17-19-41-35(47)45-23-21-39-33(45)37(7,8)43-44-38(9,10)34-40-22-24-46(34)36(48)42-20-18-32-56(52-28-14-4,53-29-15-5)54-30-16-6/h11-32H2,1-10H3,(H,41,47)(H,42,48). The Labute approximate surface area is 340 Å². The van der Waals surface area contributed by atoms with Gasteiger partial charge in [-0.2, -0.15) is 10.2 Å². The molecular weight excluding hydrogens is 753 g/mol. The quantitative estimate of drug-likeness (QED) is 0.0441. The monoisotopic (exact) mass is 829 g/mol. The number of amidine groups is 2. The fourth-order valence-electron chi connectivity index (χ4n) is 6.10. The number of carbonyl (C=O) groups is 2. The molecule has 18 heteroatoms. The van der Waals surface area contributed by atoms with Crippen LogP contribution in [0.4, 0.5) is 9.59 Å². The topological polar surface area (TPSA) is 169 Å². The number of amides is 4. The summed E-state index contributed by atoms with van der Waals surface area (Å²) in [6, 6.07) is 0.784. The summed E-state index contributed by atoms with van der Waals surface area (Å²) in [5.41, 5.74) is -1.82. The van der Waals surface area contributed by atoms with E-state index in [1.54, 1.807) is 9.80 Å². The molecule has 0 aromatic carbocycles. The van der Waals surface area contributed by atoms with Crippen molar-refractivity contribution in [3.05, 3.63) is 0 Å². The van der Waals surface area contributed by atoms with Crippen molar-refractivity contribution in [2.24, 2.45) is 20.2 Å². The molecule has 2 aliphatic heterocycles. The van der Waals surface area contributed by atoms with E-state index in [2.05, 4.69) is 62.2 Å². The fraction of sp³-hybridized carbons (Fsp3) is 0.895. The van der Waals surface area contributed by atoms with Crippen molar-refractivity contribution in [1.82, 2.24) is 20.4 Å². The van der Waals surface area contributed by atoms with Gasteiger partial charge in [0.1, 0.15) is 22.7 Å². The first-order valence-corrected chi connectivity index (χ1v) is 25.1. The molecule has 0 saturated heterocycles. The number of azo groups is 1. The molecule has 0 aliphatic carbocycles. The smallest absolute Gasteiger partial charge is 0.373 e. The molecule has 0 atom stereocenters. The van der Waals surface area contributed by atoms with Crippen LogP contribution < -0.4 is 10.6 Å². The minimum atomic E-state index is -2.85. The average molecular weight is 829 g/mol. The minimum absolute atomic E-state index is 0.233. The second kappa shape index (κ2) is 25.9. The van der Waals surface area contributed by atoms with Gasteiger partial charge in [0, 0.05) is 77.9 Å². The Bertz CT molecular complexity index is 1120. The zero-order chi connectivity index (χ0) is 41.5. The van der Waals surface area contributed by atoms with Crippen LogP contribution in [-0.4, -0.2) is 141 Å². The Morgan fingerprint density at radius 2 is 0.857 bits per heavy atom. The summed E-state index contributed by atoms with van der Waals surface area (Å²) >= 11 is 0. The molecule has 0 aromatic heterocycles. The maximum Gasteiger partial charge on any atom is 0.501 e. The first-order chi connectivity index (χ1) is 26.8. The molecule has 0 radical (unpaired) electrons. The highest BCUT2D eigenvalue weighted by Gasteiger charge is 2.43. The molecule has 0 spiro atoms. The van der Waals surface area contributed by atoms with Gasteiger partial charge in [0.2, 0.25) is 0 Å². The van der Waals surface area contributed by atoms with Gasteiger partial charge in [0.25, 0.3) is 0 Å². The van der Waals surface area contributed by atoms with Gasteiger partial charge in [-0.25, -0.2) is 9.59 Å². The van der Waals surface area contributed by atoms with Crippen LogP contribution in [0, 0.1) is 0 Å². The lowest BCUT2D eigenvalue weighted by Crippen LogP contribution is -2.51. The predicted octanol–water partition coefficient (Wildman–Crippen LogP) is 7.06. The Balaban J connectivity index is 2.01. The van der Waals surface area contributed by atoms with Gasteiger partial charge in [0.15, 0.2) is 0 Å². The van der Waals surface area contributed by atoms with Gasteiger partial charge in [-0.05, 0) is 79.1 Å². The van der Waals surface area contributed by atoms with E-state index in [-0.39, 0.29) is 12.1 Å². The number of aliphatic imine (C=N–C) groups is 2. The third-order valence-corrected chi connectivity index (χ3v) is 14.6. The molecule has 0 saturated carbocycles. The van der Waals surface area contributed by atoms with Crippen LogP contribution >= 0.6 is 0 Å². The van der Waals surface area contributed by atoms with Crippen LogP contribution in [0.3, 0.4) is 0 Å². The summed E-state index contributed by atoms with van der Waals surface area (Å²) in [7, 11) is -5.71. The SMILES string of the molecule is CCCO[Si](CCCNC(=O)N1CCN=C1C(C)(C)N=NC(C)(C)C1=NCCN1C(=O)NCCC[Si](OCCC)(OCCC)OCCC)(OCCC)OCCC. The molecule has 2 heterocycles. The van der Waals surface area contributed by atoms with Crippen molar-refractivity contribution in [2.75, 3.05) is 78.9 Å². The molecule has 2 aliphatic rings. The maximum atomic E-state index is 13.5. The van der Waals surface area contributed by atoms with E-state index >= 15 is 0 Å². The van der Waals surface area contributed by atoms with E-state index in [1.165, 1.54) is 0 Å². The normalized spacial score (nSPS) is 15.5. The summed E-state index contributed by atoms with van der Waals surface area (Å²) < 4.78 is 37.3. The maximum absolute atomic E-state index is 13.5. The molecule has 4 amide bonds. The Morgan fingerprint density at radius 1 is 0.571 bits per heavy atom. The first kappa shape index (κ1) is 49.8. The van der Waals surface area contributed by atoms with E-state index in [9.17, 15) is 9.59 Å². The van der Waals surface area contributed by atoms with E-state index < -0.39 is 28.7 Å². The van der Waals surface area contributed by atoms with E-state index in [0.717, 1.165) is 38.5 Å². The van der Waals surface area contributed by atoms with Crippen LogP contribution in [0.15, 0.2) is 20.2 Å². The molecule has 0 unspecified atom stereocenters. The van der Waals surface area contributed by atoms with E-state index in [1.807, 2.05) is 27.7 Å². The minimum Gasteiger partial charge on any atom is -0.373 e. The number of urea groups is 2. The van der Waals surface area contributed by atoms with Gasteiger partial charge in [-0.3, -0.25) is 19.8 Å². The van der Waals surface area contributed by atoms with Gasteiger partial charge in [0.05, 0.1) is 13.1 Å². The predicted molar refractivity (Wildman–Crippen MR) is 226 cm³/mol. The number of carbonyl (C=O) groups excluding carboxylic acids is 2. The Kier molecular flexibility index (Phi) is 23.1. The molecule has 56 heavy (non-hydrogen) atoms. The summed E-state index contributed by atoms with van der Waals surface area (Å²) in [4.78, 5) is 39.6. The lowest BCUT2D eigenvalue weighted by atomic mass is 10.0. The van der Waals surface area contributed by atoms with Crippen LogP contribution in [0.5, 0.6) is 0 Å². The fourth-order valence-corrected chi connectivity index (χ4v) is 11.8. The number of hydrogen-bond donors (Lipinski definition) is 2. The zero-order valence-electron chi connectivity index (χ0n) is 36.5. The molecule has 324 valence electrons. The molecule has 0 fully saturated rings. The number of rotatable bonds is 30. The van der Waals surface area contributed by atoms with Crippen molar-refractivity contribution in [2.45, 2.75) is 144 Å². The van der Waals surface area contributed by atoms with Gasteiger partial charge in [-0.1, -0.05) is 41.5 Å². The average Bonchev–Trinajstić information content (AvgIpc) is 3.91. The Morgan fingerprint density at radius 3 is 1.12 bits per heavy atom. The summed E-state index contributed by atoms with van der Waals surface area (Å²) in [5.74, 6) is 1.08. The third kappa shape index (κ3) is 16.1. The zero-order valence-corrected chi connectivity index (χ0v) is 38.5. The molecule has 2 rings (SSSR count). The van der Waals surface area contributed by atoms with Crippen molar-refractivity contribution in [3.63, 3.8) is 0 Å². The van der Waals surface area contributed by atoms with Crippen molar-refractivity contribution >= 4 is 41.3 Å². The number of hydrogen-bond acceptors (Lipinski definition) is 12. The molecule has 16 nitrogen and oxygen atoms in total. The lowest BCUT2D eigenvalue weighted by Gasteiger charge is -2.31. The van der Waals surface area contributed by atoms with Crippen LogP contribution in [0.25, 0.3) is 0 Å². The van der Waals surface area contributed by atoms with Crippen LogP contribution in [-0.2, 0) is 26.6 Å². The highest BCUT2D eigenvalue weighted by Crippen LogP contribution is 2.26. The second-order valence-corrected chi connectivity index (χ2v) is 20.6. The van der Waals surface area contributed by atoms with Crippen LogP contribution in [0.1, 0.15) is 121 Å². The highest BCUT2D eigenvalue weighted by molar-refractivity contribution is 6.61. The number of nitrogens with zero attached hydrogens (tertiary/aromatic N) is 6. The number of nitrogens with one attached hydrogen (secondary N) is 2. The first-order valence-electron chi connectivity index (χ1n) is 21.3. The van der Waals surface area contributed by atoms with Gasteiger partial charge < -0.3 is 37.2 Å². The van der Waals surface area contributed by atoms with Crippen molar-refractivity contribution in [1.29, 1.82) is 0 Å². The van der Waals surface area contributed by atoms with Gasteiger partial charge >= 0.3 is 29.7 Å². The second-order valence-electron chi connectivity index (χ2n) is 15.2. The summed E-state index contributed by atoms with van der Waals surface area (Å²) in [5, 5.41) is 15.6. The van der Waals surface area contributed by atoms with Crippen molar-refractivity contribution < 1.29 is 36.1 Å². The highest BCUT2D eigenvalue weighted by atomic mass is 28.4. The molecule has 2 N–H and O–H groups in total. The van der Waals surface area contributed by atoms with E-state index in [0.29, 0.717) is 116 Å². The molecule has 0 bridgehead atoms. The third-order valence-electron chi connectivity index (χ3n) is 8.84. The van der Waals surface area contributed by atoms with Crippen LogP contribution in [0.2, 0.25) is 12.1 Å². The molecule has 0 aromatic rings. The lowest BCUT2D eigenvalue weighted by molar-refractivity contribution is 0.0582. The van der Waals surface area contributed by atoms with E-state index in [4.69, 9.17) is 36.8 Å². The Hall–Kier alpha value is -2.33. The molecular formula is C38H76N8O8Si2. The summed E-state index contributed by atoms with van der Waals surface area (Å²) in [6.45, 7) is 26.2. The van der Waals surface area contributed by atoms with Gasteiger partial charge in [-0.15, -0.1) is 0 Å². The van der Waals surface area contributed by atoms with Crippen molar-refractivity contribution in [3.8, 4) is 0 Å².